The molecule has 1 aromatic rings. The van der Waals surface area contributed by atoms with Gasteiger partial charge in [-0.2, -0.15) is 0 Å². The molecule has 0 N–H and O–H groups in total. The van der Waals surface area contributed by atoms with E-state index in [1.807, 2.05) is 6.07 Å². The van der Waals surface area contributed by atoms with E-state index in [1.54, 1.807) is 0 Å². The van der Waals surface area contributed by atoms with Crippen molar-refractivity contribution in [2.24, 2.45) is 5.92 Å². The number of carbonyl (C=O) groups is 1. The molecule has 1 aromatic carbocycles. The number of nitrogens with zero attached hydrogens (tertiary/aromatic N) is 3. The predicted octanol–water partition coefficient (Wildman–Crippen LogP) is 2.46. The van der Waals surface area contributed by atoms with Crippen LogP contribution in [0.2, 0.25) is 0 Å². The lowest BCUT2D eigenvalue weighted by Crippen LogP contribution is -2.55. The molecular formula is C19H29N3O. The molecule has 2 atom stereocenters. The summed E-state index contributed by atoms with van der Waals surface area (Å²) in [6.45, 7) is 10.0. The Bertz CT molecular complexity index is 511. The van der Waals surface area contributed by atoms with E-state index in [1.165, 1.54) is 18.5 Å². The normalized spacial score (nSPS) is 24.5. The van der Waals surface area contributed by atoms with Gasteiger partial charge in [0.15, 0.2) is 0 Å². The van der Waals surface area contributed by atoms with Gasteiger partial charge in [0.25, 0.3) is 0 Å². The fourth-order valence-electron chi connectivity index (χ4n) is 3.82. The van der Waals surface area contributed by atoms with Crippen LogP contribution < -0.4 is 4.90 Å². The molecular weight excluding hydrogens is 286 g/mol. The fourth-order valence-corrected chi connectivity index (χ4v) is 3.82. The van der Waals surface area contributed by atoms with Crippen LogP contribution in [0.25, 0.3) is 0 Å². The summed E-state index contributed by atoms with van der Waals surface area (Å²) in [5.74, 6) is 1.03. The van der Waals surface area contributed by atoms with Gasteiger partial charge in [0.05, 0.1) is 6.04 Å². The molecule has 0 aromatic heterocycles. The predicted molar refractivity (Wildman–Crippen MR) is 94.7 cm³/mol. The zero-order chi connectivity index (χ0) is 16.2. The van der Waals surface area contributed by atoms with Gasteiger partial charge >= 0.3 is 0 Å². The van der Waals surface area contributed by atoms with Crippen molar-refractivity contribution in [2.75, 3.05) is 44.2 Å². The molecule has 2 fully saturated rings. The van der Waals surface area contributed by atoms with Gasteiger partial charge in [-0.15, -0.1) is 0 Å². The van der Waals surface area contributed by atoms with Crippen molar-refractivity contribution >= 4 is 11.6 Å². The molecule has 0 radical (unpaired) electrons. The highest BCUT2D eigenvalue weighted by atomic mass is 16.2. The maximum Gasteiger partial charge on any atom is 0.239 e. The van der Waals surface area contributed by atoms with E-state index < -0.39 is 0 Å². The molecule has 2 heterocycles. The van der Waals surface area contributed by atoms with Crippen molar-refractivity contribution in [3.63, 3.8) is 0 Å². The topological polar surface area (TPSA) is 26.8 Å². The maximum atomic E-state index is 12.8. The second kappa shape index (κ2) is 7.35. The molecule has 126 valence electrons. The number of benzene rings is 1. The molecule has 1 amide bonds. The van der Waals surface area contributed by atoms with Crippen LogP contribution in [-0.4, -0.2) is 61.0 Å². The Morgan fingerprint density at radius 3 is 2.43 bits per heavy atom. The summed E-state index contributed by atoms with van der Waals surface area (Å²) in [6.07, 6.45) is 2.52. The van der Waals surface area contributed by atoms with Crippen LogP contribution in [0.1, 0.15) is 26.7 Å². The lowest BCUT2D eigenvalue weighted by atomic mass is 9.98. The van der Waals surface area contributed by atoms with Gasteiger partial charge in [0, 0.05) is 38.4 Å². The van der Waals surface area contributed by atoms with E-state index in [4.69, 9.17) is 0 Å². The minimum Gasteiger partial charge on any atom is -0.368 e. The van der Waals surface area contributed by atoms with E-state index >= 15 is 0 Å². The average molecular weight is 315 g/mol. The Morgan fingerprint density at radius 1 is 1.09 bits per heavy atom. The quantitative estimate of drug-likeness (QED) is 0.857. The Balaban J connectivity index is 1.53. The number of likely N-dealkylation sites (tertiary alicyclic amines) is 1. The molecule has 4 nitrogen and oxygen atoms in total. The smallest absolute Gasteiger partial charge is 0.239 e. The third kappa shape index (κ3) is 3.86. The second-order valence-corrected chi connectivity index (χ2v) is 7.07. The van der Waals surface area contributed by atoms with E-state index in [0.717, 1.165) is 39.3 Å². The van der Waals surface area contributed by atoms with E-state index in [0.29, 0.717) is 11.8 Å². The Kier molecular flexibility index (Phi) is 5.21. The zero-order valence-corrected chi connectivity index (χ0v) is 14.4. The summed E-state index contributed by atoms with van der Waals surface area (Å²) in [7, 11) is 0. The number of amides is 1. The molecule has 4 heteroatoms. The first-order valence-corrected chi connectivity index (χ1v) is 8.98. The first kappa shape index (κ1) is 16.3. The fraction of sp³-hybridized carbons (Fsp3) is 0.632. The van der Waals surface area contributed by atoms with Crippen molar-refractivity contribution < 1.29 is 4.79 Å². The maximum absolute atomic E-state index is 12.8. The summed E-state index contributed by atoms with van der Waals surface area (Å²) < 4.78 is 0. The van der Waals surface area contributed by atoms with Crippen LogP contribution in [0.5, 0.6) is 0 Å². The van der Waals surface area contributed by atoms with Gasteiger partial charge in [0.2, 0.25) is 5.91 Å². The monoisotopic (exact) mass is 315 g/mol. The van der Waals surface area contributed by atoms with Crippen LogP contribution in [-0.2, 0) is 4.79 Å². The molecule has 0 aliphatic carbocycles. The molecule has 0 bridgehead atoms. The van der Waals surface area contributed by atoms with Crippen LogP contribution in [0.4, 0.5) is 5.69 Å². The van der Waals surface area contributed by atoms with Gasteiger partial charge in [0.1, 0.15) is 0 Å². The lowest BCUT2D eigenvalue weighted by Gasteiger charge is -2.40. The highest BCUT2D eigenvalue weighted by Crippen LogP contribution is 2.20. The minimum atomic E-state index is 0.0287. The number of rotatable bonds is 3. The van der Waals surface area contributed by atoms with Gasteiger partial charge < -0.3 is 9.80 Å². The van der Waals surface area contributed by atoms with E-state index in [-0.39, 0.29) is 6.04 Å². The SMILES string of the molecule is CC1CCCN(C(C)C(=O)N2CCN(c3ccccc3)CC2)C1. The lowest BCUT2D eigenvalue weighted by molar-refractivity contribution is -0.137. The van der Waals surface area contributed by atoms with Crippen LogP contribution in [0.3, 0.4) is 0 Å². The van der Waals surface area contributed by atoms with Crippen molar-refractivity contribution in [2.45, 2.75) is 32.7 Å². The molecule has 23 heavy (non-hydrogen) atoms. The molecule has 2 saturated heterocycles. The van der Waals surface area contributed by atoms with Gasteiger partial charge in [-0.25, -0.2) is 0 Å². The zero-order valence-electron chi connectivity index (χ0n) is 14.4. The second-order valence-electron chi connectivity index (χ2n) is 7.07. The van der Waals surface area contributed by atoms with Crippen LogP contribution >= 0.6 is 0 Å². The standard InChI is InChI=1S/C19H29N3O/c1-16-7-6-10-22(15-16)17(2)19(23)21-13-11-20(12-14-21)18-8-4-3-5-9-18/h3-5,8-9,16-17H,6-7,10-15H2,1-2H3. The summed E-state index contributed by atoms with van der Waals surface area (Å²) in [5, 5.41) is 0. The Labute approximate surface area is 140 Å². The highest BCUT2D eigenvalue weighted by Gasteiger charge is 2.30. The largest absolute Gasteiger partial charge is 0.368 e. The first-order chi connectivity index (χ1) is 11.1. The molecule has 0 saturated carbocycles. The number of piperidine rings is 1. The number of hydrogen-bond donors (Lipinski definition) is 0. The third-order valence-electron chi connectivity index (χ3n) is 5.31. The summed E-state index contributed by atoms with van der Waals surface area (Å²) in [5.41, 5.74) is 1.26. The third-order valence-corrected chi connectivity index (χ3v) is 5.31. The molecule has 2 aliphatic heterocycles. The van der Waals surface area contributed by atoms with E-state index in [9.17, 15) is 4.79 Å². The summed E-state index contributed by atoms with van der Waals surface area (Å²) in [6, 6.07) is 10.5. The Hall–Kier alpha value is -1.55. The van der Waals surface area contributed by atoms with Gasteiger partial charge in [-0.1, -0.05) is 25.1 Å². The van der Waals surface area contributed by atoms with Gasteiger partial charge in [-0.05, 0) is 44.4 Å². The highest BCUT2D eigenvalue weighted by molar-refractivity contribution is 5.81. The summed E-state index contributed by atoms with van der Waals surface area (Å²) in [4.78, 5) is 19.6. The number of hydrogen-bond acceptors (Lipinski definition) is 3. The molecule has 2 unspecified atom stereocenters. The van der Waals surface area contributed by atoms with E-state index in [2.05, 4.69) is 52.8 Å². The van der Waals surface area contributed by atoms with Crippen LogP contribution in [0.15, 0.2) is 30.3 Å². The molecule has 0 spiro atoms. The van der Waals surface area contributed by atoms with Crippen molar-refractivity contribution in [1.82, 2.24) is 9.80 Å². The summed E-state index contributed by atoms with van der Waals surface area (Å²) >= 11 is 0. The number of para-hydroxylation sites is 1. The van der Waals surface area contributed by atoms with Crippen molar-refractivity contribution in [3.8, 4) is 0 Å². The number of anilines is 1. The molecule has 2 aliphatic rings. The molecule has 3 rings (SSSR count). The first-order valence-electron chi connectivity index (χ1n) is 8.98. The number of carbonyl (C=O) groups excluding carboxylic acids is 1. The van der Waals surface area contributed by atoms with Gasteiger partial charge in [-0.3, -0.25) is 9.69 Å². The van der Waals surface area contributed by atoms with Crippen molar-refractivity contribution in [3.05, 3.63) is 30.3 Å². The minimum absolute atomic E-state index is 0.0287. The Morgan fingerprint density at radius 2 is 1.78 bits per heavy atom. The van der Waals surface area contributed by atoms with Crippen molar-refractivity contribution in [1.29, 1.82) is 0 Å². The number of piperazine rings is 1. The average Bonchev–Trinajstić information content (AvgIpc) is 2.61. The van der Waals surface area contributed by atoms with Crippen LogP contribution in [0, 0.1) is 5.92 Å².